The number of rotatable bonds is 0. The Morgan fingerprint density at radius 3 is 1.10 bits per heavy atom. The predicted molar refractivity (Wildman–Crippen MR) is 19.2 cm³/mol. The molecule has 0 aliphatic rings. The fraction of sp³-hybridized carbons (Fsp3) is 0. The molecule has 0 saturated carbocycles. The van der Waals surface area contributed by atoms with Gasteiger partial charge >= 0.3 is 67.3 Å². The van der Waals surface area contributed by atoms with Crippen LogP contribution < -0.4 is 44.9 Å². The van der Waals surface area contributed by atoms with E-state index in [0.29, 0.717) is 0 Å². The van der Waals surface area contributed by atoms with Crippen LogP contribution in [0.2, 0.25) is 0 Å². The maximum Gasteiger partial charge on any atom is 2.00 e. The van der Waals surface area contributed by atoms with Gasteiger partial charge in [-0.15, -0.1) is 0 Å². The van der Waals surface area contributed by atoms with Gasteiger partial charge in [-0.2, -0.15) is 0 Å². The Morgan fingerprint density at radius 2 is 1.10 bits per heavy atom. The fourth-order valence-electron chi connectivity index (χ4n) is 0. The number of hydrogen-bond donors (Lipinski definition) is 1. The summed E-state index contributed by atoms with van der Waals surface area (Å²) in [5.41, 5.74) is 0. The molecule has 0 aromatic heterocycles. The van der Waals surface area contributed by atoms with Gasteiger partial charge in [0.25, 0.3) is 0 Å². The normalized spacial score (nSPS) is 4.80. The molecule has 0 saturated heterocycles. The van der Waals surface area contributed by atoms with Gasteiger partial charge in [-0.05, 0) is 6.16 Å². The molecule has 0 radical (unpaired) electrons. The molecule has 0 heterocycles. The van der Waals surface area contributed by atoms with Gasteiger partial charge in [-0.1, -0.05) is 0 Å². The van der Waals surface area contributed by atoms with Crippen molar-refractivity contribution >= 4 is 50.0 Å². The van der Waals surface area contributed by atoms with Crippen LogP contribution in [0.3, 0.4) is 0 Å². The summed E-state index contributed by atoms with van der Waals surface area (Å²) in [6, 6.07) is 0. The molecule has 0 amide bonds. The zero-order valence-electron chi connectivity index (χ0n) is 5.20. The summed E-state index contributed by atoms with van der Waals surface area (Å²) in [6.07, 6.45) is -4.42. The number of carboxylic acid groups (broad SMARTS) is 4. The van der Waals surface area contributed by atoms with Gasteiger partial charge in [-0.3, -0.25) is 0 Å². The SMILES string of the molecule is O=C([O-])O.O=C([O-])[O-].[Ca+2].[Na+]. The van der Waals surface area contributed by atoms with Crippen LogP contribution in [0.1, 0.15) is 0 Å². The van der Waals surface area contributed by atoms with Crippen LogP contribution in [-0.2, 0) is 0 Å². The molecule has 48 valence electrons. The van der Waals surface area contributed by atoms with Crippen molar-refractivity contribution in [1.82, 2.24) is 0 Å². The second-order valence-corrected chi connectivity index (χ2v) is 0.516. The van der Waals surface area contributed by atoms with Crippen LogP contribution in [0.25, 0.3) is 0 Å². The summed E-state index contributed by atoms with van der Waals surface area (Å²) in [4.78, 5) is 16.8. The molecule has 0 aliphatic heterocycles. The Bertz CT molecular complexity index is 73.7. The van der Waals surface area contributed by atoms with Crippen molar-refractivity contribution in [3.05, 3.63) is 0 Å². The number of carbonyl (C=O) groups excluding carboxylic acids is 1. The van der Waals surface area contributed by atoms with Crippen LogP contribution in [-0.4, -0.2) is 55.2 Å². The molecule has 0 aliphatic carbocycles. The van der Waals surface area contributed by atoms with Crippen molar-refractivity contribution in [2.45, 2.75) is 0 Å². The molecule has 0 spiro atoms. The zero-order valence-corrected chi connectivity index (χ0v) is 9.40. The Labute approximate surface area is 108 Å². The van der Waals surface area contributed by atoms with E-state index in [1.165, 1.54) is 0 Å². The zero-order chi connectivity index (χ0) is 7.15. The fourth-order valence-corrected chi connectivity index (χ4v) is 0. The predicted octanol–water partition coefficient (Wildman–Crippen LogP) is -6.94. The molecule has 0 fully saturated rings. The quantitative estimate of drug-likeness (QED) is 0.373. The summed E-state index contributed by atoms with van der Waals surface area (Å²) >= 11 is 0. The topological polar surface area (TPSA) is 124 Å². The van der Waals surface area contributed by atoms with Crippen molar-refractivity contribution < 1.29 is 59.6 Å². The molecular weight excluding hydrogens is 183 g/mol. The molecule has 0 atom stereocenters. The third-order valence-corrected chi connectivity index (χ3v) is 0. The first-order chi connectivity index (χ1) is 3.46. The van der Waals surface area contributed by atoms with E-state index < -0.39 is 12.3 Å². The van der Waals surface area contributed by atoms with E-state index in [4.69, 9.17) is 30.0 Å². The Balaban J connectivity index is -0.0000000300. The monoisotopic (exact) mass is 184 g/mol. The van der Waals surface area contributed by atoms with Gasteiger partial charge in [0.15, 0.2) is 0 Å². The van der Waals surface area contributed by atoms with Gasteiger partial charge in [0.05, 0.1) is 0 Å². The molecule has 0 bridgehead atoms. The van der Waals surface area contributed by atoms with Crippen LogP contribution in [0, 0.1) is 0 Å². The maximum absolute atomic E-state index is 8.44. The van der Waals surface area contributed by atoms with Crippen molar-refractivity contribution in [3.8, 4) is 0 Å². The molecule has 1 N–H and O–H groups in total. The molecule has 0 aromatic rings. The first kappa shape index (κ1) is 22.4. The minimum atomic E-state index is -2.33. The largest absolute Gasteiger partial charge is 2.00 e. The molecule has 8 heteroatoms. The molecule has 6 nitrogen and oxygen atoms in total. The summed E-state index contributed by atoms with van der Waals surface area (Å²) in [5, 5.41) is 32.0. The molecular formula is C2HCaNaO6. The average Bonchev–Trinajstić information content (AvgIpc) is 1.25. The molecule has 0 unspecified atom stereocenters. The van der Waals surface area contributed by atoms with E-state index >= 15 is 0 Å². The van der Waals surface area contributed by atoms with Gasteiger partial charge in [0.1, 0.15) is 0 Å². The van der Waals surface area contributed by atoms with E-state index in [1.54, 1.807) is 0 Å². The summed E-state index contributed by atoms with van der Waals surface area (Å²) in [7, 11) is 0. The Morgan fingerprint density at radius 1 is 1.10 bits per heavy atom. The smallest absolute Gasteiger partial charge is 0.652 e. The van der Waals surface area contributed by atoms with Crippen molar-refractivity contribution in [2.75, 3.05) is 0 Å². The Hall–Kier alpha value is 0.800. The van der Waals surface area contributed by atoms with Crippen LogP contribution in [0.15, 0.2) is 0 Å². The number of hydrogen-bond acceptors (Lipinski definition) is 5. The van der Waals surface area contributed by atoms with Crippen molar-refractivity contribution in [2.24, 2.45) is 0 Å². The van der Waals surface area contributed by atoms with Crippen molar-refractivity contribution in [1.29, 1.82) is 0 Å². The van der Waals surface area contributed by atoms with Crippen LogP contribution >= 0.6 is 0 Å². The first-order valence-electron chi connectivity index (χ1n) is 1.24. The minimum Gasteiger partial charge on any atom is -0.652 e. The van der Waals surface area contributed by atoms with Crippen LogP contribution in [0.4, 0.5) is 9.59 Å². The second kappa shape index (κ2) is 16.4. The van der Waals surface area contributed by atoms with Gasteiger partial charge in [-0.25, -0.2) is 0 Å². The van der Waals surface area contributed by atoms with E-state index in [-0.39, 0.29) is 67.3 Å². The van der Waals surface area contributed by atoms with Gasteiger partial charge < -0.3 is 30.0 Å². The van der Waals surface area contributed by atoms with Gasteiger partial charge in [0.2, 0.25) is 6.16 Å². The summed E-state index contributed by atoms with van der Waals surface area (Å²) in [6.45, 7) is 0. The van der Waals surface area contributed by atoms with E-state index in [9.17, 15) is 0 Å². The van der Waals surface area contributed by atoms with E-state index in [1.807, 2.05) is 0 Å². The maximum atomic E-state index is 8.44. The molecule has 0 rings (SSSR count). The molecule has 0 aromatic carbocycles. The second-order valence-electron chi connectivity index (χ2n) is 0.516. The third kappa shape index (κ3) is 837. The minimum absolute atomic E-state index is 0. The Kier molecular flexibility index (Phi) is 36.8. The first-order valence-corrected chi connectivity index (χ1v) is 1.24. The van der Waals surface area contributed by atoms with E-state index in [0.717, 1.165) is 0 Å². The standard InChI is InChI=1S/2CH2O3.Ca.Na/c2*2-1(3)4;;/h2*(H2,2,3,4);;/q;;+2;+1/p-3. The number of carbonyl (C=O) groups is 2. The van der Waals surface area contributed by atoms with Gasteiger partial charge in [0, 0.05) is 0 Å². The van der Waals surface area contributed by atoms with Crippen molar-refractivity contribution in [3.63, 3.8) is 0 Å². The van der Waals surface area contributed by atoms with E-state index in [2.05, 4.69) is 0 Å². The third-order valence-electron chi connectivity index (χ3n) is 0. The summed E-state index contributed by atoms with van der Waals surface area (Å²) in [5.74, 6) is 0. The van der Waals surface area contributed by atoms with Crippen LogP contribution in [0.5, 0.6) is 0 Å². The summed E-state index contributed by atoms with van der Waals surface area (Å²) < 4.78 is 0. The molecule has 10 heavy (non-hydrogen) atoms. The average molecular weight is 184 g/mol.